The highest BCUT2D eigenvalue weighted by molar-refractivity contribution is 5.29. The van der Waals surface area contributed by atoms with Crippen LogP contribution in [-0.2, 0) is 6.54 Å². The van der Waals surface area contributed by atoms with Gasteiger partial charge in [-0.2, -0.15) is 0 Å². The Bertz CT molecular complexity index is 383. The zero-order valence-electron chi connectivity index (χ0n) is 12.1. The molecule has 1 N–H and O–H groups in total. The van der Waals surface area contributed by atoms with Crippen LogP contribution in [0.1, 0.15) is 49.3 Å². The summed E-state index contributed by atoms with van der Waals surface area (Å²) in [5.74, 6) is 1.80. The van der Waals surface area contributed by atoms with E-state index in [9.17, 15) is 0 Å². The largest absolute Gasteiger partial charge is 0.312 e. The Hall–Kier alpha value is -0.820. The molecule has 2 unspecified atom stereocenters. The van der Waals surface area contributed by atoms with Crippen molar-refractivity contribution >= 4 is 0 Å². The van der Waals surface area contributed by atoms with Gasteiger partial charge in [0.05, 0.1) is 0 Å². The van der Waals surface area contributed by atoms with E-state index >= 15 is 0 Å². The van der Waals surface area contributed by atoms with Crippen LogP contribution in [0.3, 0.4) is 0 Å². The van der Waals surface area contributed by atoms with Gasteiger partial charge in [0.25, 0.3) is 0 Å². The minimum Gasteiger partial charge on any atom is -0.312 e. The SMILES string of the molecule is Cc1ccc(CNCC2CCCCC2C)cc1C. The summed E-state index contributed by atoms with van der Waals surface area (Å²) in [5.41, 5.74) is 4.21. The molecule has 0 aliphatic heterocycles. The first-order valence-corrected chi connectivity index (χ1v) is 7.43. The predicted octanol–water partition coefficient (Wildman–Crippen LogP) is 4.22. The molecular weight excluding hydrogens is 218 g/mol. The number of rotatable bonds is 4. The topological polar surface area (TPSA) is 12.0 Å². The third-order valence-corrected chi connectivity index (χ3v) is 4.60. The van der Waals surface area contributed by atoms with Crippen molar-refractivity contribution in [2.75, 3.05) is 6.54 Å². The highest BCUT2D eigenvalue weighted by Gasteiger charge is 2.20. The van der Waals surface area contributed by atoms with E-state index in [0.29, 0.717) is 0 Å². The van der Waals surface area contributed by atoms with Crippen LogP contribution in [0.4, 0.5) is 0 Å². The summed E-state index contributed by atoms with van der Waals surface area (Å²) in [6.45, 7) is 9.00. The van der Waals surface area contributed by atoms with Gasteiger partial charge in [0, 0.05) is 6.54 Å². The molecule has 18 heavy (non-hydrogen) atoms. The number of aryl methyl sites for hydroxylation is 2. The van der Waals surface area contributed by atoms with Gasteiger partial charge in [-0.25, -0.2) is 0 Å². The van der Waals surface area contributed by atoms with E-state index < -0.39 is 0 Å². The molecule has 2 atom stereocenters. The van der Waals surface area contributed by atoms with E-state index in [1.807, 2.05) is 0 Å². The molecule has 1 aromatic carbocycles. The van der Waals surface area contributed by atoms with Crippen molar-refractivity contribution in [2.24, 2.45) is 11.8 Å². The molecule has 0 amide bonds. The molecule has 2 rings (SSSR count). The maximum absolute atomic E-state index is 3.65. The molecule has 1 saturated carbocycles. The van der Waals surface area contributed by atoms with Crippen LogP contribution in [0, 0.1) is 25.7 Å². The lowest BCUT2D eigenvalue weighted by Crippen LogP contribution is -2.29. The Morgan fingerprint density at radius 2 is 1.89 bits per heavy atom. The summed E-state index contributed by atoms with van der Waals surface area (Å²) in [7, 11) is 0. The van der Waals surface area contributed by atoms with E-state index in [2.05, 4.69) is 44.3 Å². The zero-order chi connectivity index (χ0) is 13.0. The van der Waals surface area contributed by atoms with Gasteiger partial charge in [0.15, 0.2) is 0 Å². The van der Waals surface area contributed by atoms with Crippen LogP contribution >= 0.6 is 0 Å². The minimum atomic E-state index is 0.894. The fraction of sp³-hybridized carbons (Fsp3) is 0.647. The second-order valence-corrected chi connectivity index (χ2v) is 6.07. The van der Waals surface area contributed by atoms with E-state index in [1.165, 1.54) is 48.9 Å². The van der Waals surface area contributed by atoms with E-state index in [-0.39, 0.29) is 0 Å². The fourth-order valence-corrected chi connectivity index (χ4v) is 3.01. The molecule has 0 bridgehead atoms. The molecule has 1 aliphatic rings. The third kappa shape index (κ3) is 3.58. The average Bonchev–Trinajstić information content (AvgIpc) is 2.36. The molecule has 1 aromatic rings. The van der Waals surface area contributed by atoms with E-state index in [0.717, 1.165) is 18.4 Å². The number of hydrogen-bond acceptors (Lipinski definition) is 1. The van der Waals surface area contributed by atoms with Crippen LogP contribution < -0.4 is 5.32 Å². The normalized spacial score (nSPS) is 24.2. The van der Waals surface area contributed by atoms with Crippen LogP contribution in [0.2, 0.25) is 0 Å². The first kappa shape index (κ1) is 13.6. The smallest absolute Gasteiger partial charge is 0.0205 e. The van der Waals surface area contributed by atoms with E-state index in [1.54, 1.807) is 0 Å². The second kappa shape index (κ2) is 6.38. The molecule has 100 valence electrons. The molecule has 1 nitrogen and oxygen atoms in total. The number of benzene rings is 1. The summed E-state index contributed by atoms with van der Waals surface area (Å²) >= 11 is 0. The van der Waals surface area contributed by atoms with Gasteiger partial charge in [0.2, 0.25) is 0 Å². The minimum absolute atomic E-state index is 0.894. The van der Waals surface area contributed by atoms with E-state index in [4.69, 9.17) is 0 Å². The Balaban J connectivity index is 1.79. The molecule has 1 aliphatic carbocycles. The maximum Gasteiger partial charge on any atom is 0.0205 e. The van der Waals surface area contributed by atoms with Gasteiger partial charge in [0.1, 0.15) is 0 Å². The summed E-state index contributed by atoms with van der Waals surface area (Å²) in [6.07, 6.45) is 5.71. The molecule has 0 spiro atoms. The fourth-order valence-electron chi connectivity index (χ4n) is 3.01. The Labute approximate surface area is 112 Å². The van der Waals surface area contributed by atoms with Gasteiger partial charge in [-0.15, -0.1) is 0 Å². The van der Waals surface area contributed by atoms with Crippen LogP contribution in [0.5, 0.6) is 0 Å². The molecule has 1 heteroatoms. The molecule has 0 aromatic heterocycles. The van der Waals surface area contributed by atoms with Crippen molar-refractivity contribution in [3.05, 3.63) is 34.9 Å². The lowest BCUT2D eigenvalue weighted by atomic mass is 9.80. The highest BCUT2D eigenvalue weighted by Crippen LogP contribution is 2.28. The standard InChI is InChI=1S/C17H27N/c1-13-8-9-16(10-15(13)3)11-18-12-17-7-5-4-6-14(17)2/h8-10,14,17-18H,4-7,11-12H2,1-3H3. The average molecular weight is 245 g/mol. The lowest BCUT2D eigenvalue weighted by molar-refractivity contribution is 0.247. The van der Waals surface area contributed by atoms with Gasteiger partial charge < -0.3 is 5.32 Å². The maximum atomic E-state index is 3.65. The first-order valence-electron chi connectivity index (χ1n) is 7.43. The predicted molar refractivity (Wildman–Crippen MR) is 78.7 cm³/mol. The van der Waals surface area contributed by atoms with Gasteiger partial charge in [-0.1, -0.05) is 44.4 Å². The third-order valence-electron chi connectivity index (χ3n) is 4.60. The lowest BCUT2D eigenvalue weighted by Gasteiger charge is -2.28. The molecular formula is C17H27N. The summed E-state index contributed by atoms with van der Waals surface area (Å²) in [5, 5.41) is 3.65. The monoisotopic (exact) mass is 245 g/mol. The van der Waals surface area contributed by atoms with Gasteiger partial charge in [-0.05, 0) is 55.3 Å². The van der Waals surface area contributed by atoms with Crippen LogP contribution in [-0.4, -0.2) is 6.54 Å². The molecule has 0 saturated heterocycles. The second-order valence-electron chi connectivity index (χ2n) is 6.07. The zero-order valence-corrected chi connectivity index (χ0v) is 12.1. The van der Waals surface area contributed by atoms with Crippen molar-refractivity contribution in [1.82, 2.24) is 5.32 Å². The van der Waals surface area contributed by atoms with Crippen LogP contribution in [0.25, 0.3) is 0 Å². The first-order chi connectivity index (χ1) is 8.66. The highest BCUT2D eigenvalue weighted by atomic mass is 14.9. The van der Waals surface area contributed by atoms with Crippen molar-refractivity contribution in [1.29, 1.82) is 0 Å². The summed E-state index contributed by atoms with van der Waals surface area (Å²) in [6, 6.07) is 6.79. The Morgan fingerprint density at radius 3 is 2.61 bits per heavy atom. The summed E-state index contributed by atoms with van der Waals surface area (Å²) < 4.78 is 0. The van der Waals surface area contributed by atoms with Gasteiger partial charge >= 0.3 is 0 Å². The van der Waals surface area contributed by atoms with Crippen LogP contribution in [0.15, 0.2) is 18.2 Å². The summed E-state index contributed by atoms with van der Waals surface area (Å²) in [4.78, 5) is 0. The quantitative estimate of drug-likeness (QED) is 0.837. The van der Waals surface area contributed by atoms with Crippen molar-refractivity contribution in [3.8, 4) is 0 Å². The van der Waals surface area contributed by atoms with Gasteiger partial charge in [-0.3, -0.25) is 0 Å². The Kier molecular flexibility index (Phi) is 4.82. The molecule has 1 fully saturated rings. The van der Waals surface area contributed by atoms with Crippen molar-refractivity contribution in [2.45, 2.75) is 53.0 Å². The Morgan fingerprint density at radius 1 is 1.11 bits per heavy atom. The molecule has 0 radical (unpaired) electrons. The molecule has 0 heterocycles. The van der Waals surface area contributed by atoms with Crippen molar-refractivity contribution < 1.29 is 0 Å². The van der Waals surface area contributed by atoms with Crippen molar-refractivity contribution in [3.63, 3.8) is 0 Å². The number of hydrogen-bond donors (Lipinski definition) is 1. The number of nitrogens with one attached hydrogen (secondary N) is 1.